The molecule has 0 radical (unpaired) electrons. The van der Waals surface area contributed by atoms with Crippen LogP contribution in [0.2, 0.25) is 0 Å². The summed E-state index contributed by atoms with van der Waals surface area (Å²) in [5, 5.41) is 3.42. The Bertz CT molecular complexity index is 380. The van der Waals surface area contributed by atoms with E-state index in [1.54, 1.807) is 12.1 Å². The molecule has 0 bridgehead atoms. The molecule has 3 heteroatoms. The number of hydrogen-bond acceptors (Lipinski definition) is 1. The van der Waals surface area contributed by atoms with Gasteiger partial charge >= 0.3 is 0 Å². The molecule has 0 heterocycles. The zero-order valence-corrected chi connectivity index (χ0v) is 10.9. The molecule has 0 amide bonds. The molecular formula is C15H21F2N. The van der Waals surface area contributed by atoms with Crippen molar-refractivity contribution >= 4 is 0 Å². The maximum absolute atomic E-state index is 12.6. The van der Waals surface area contributed by atoms with E-state index in [4.69, 9.17) is 0 Å². The third-order valence-corrected chi connectivity index (χ3v) is 4.20. The van der Waals surface area contributed by atoms with E-state index in [2.05, 4.69) is 12.2 Å². The highest BCUT2D eigenvalue weighted by atomic mass is 19.3. The summed E-state index contributed by atoms with van der Waals surface area (Å²) in [6, 6.07) is 6.68. The topological polar surface area (TPSA) is 12.0 Å². The Morgan fingerprint density at radius 3 is 2.67 bits per heavy atom. The van der Waals surface area contributed by atoms with Crippen molar-refractivity contribution in [2.45, 2.75) is 45.6 Å². The molecule has 1 aliphatic rings. The first-order chi connectivity index (χ1) is 8.65. The highest BCUT2D eigenvalue weighted by molar-refractivity contribution is 5.24. The molecule has 1 N–H and O–H groups in total. The molecule has 2 rings (SSSR count). The van der Waals surface area contributed by atoms with Crippen LogP contribution in [0.3, 0.4) is 0 Å². The zero-order valence-electron chi connectivity index (χ0n) is 10.9. The van der Waals surface area contributed by atoms with Crippen LogP contribution in [0.4, 0.5) is 8.78 Å². The van der Waals surface area contributed by atoms with Crippen molar-refractivity contribution in [3.05, 3.63) is 35.4 Å². The molecule has 1 aromatic carbocycles. The van der Waals surface area contributed by atoms with E-state index in [9.17, 15) is 8.78 Å². The van der Waals surface area contributed by atoms with E-state index in [-0.39, 0.29) is 5.56 Å². The Morgan fingerprint density at radius 2 is 2.11 bits per heavy atom. The molecule has 1 fully saturated rings. The minimum absolute atomic E-state index is 0.114. The van der Waals surface area contributed by atoms with Gasteiger partial charge in [0.15, 0.2) is 0 Å². The molecule has 1 saturated carbocycles. The third kappa shape index (κ3) is 3.08. The summed E-state index contributed by atoms with van der Waals surface area (Å²) >= 11 is 0. The second-order valence-corrected chi connectivity index (χ2v) is 5.36. The normalized spacial score (nSPS) is 17.8. The maximum atomic E-state index is 12.6. The SMILES string of the molecule is CCC1(CNCc2cccc(C(F)F)c2)CCC1. The molecule has 0 saturated heterocycles. The van der Waals surface area contributed by atoms with Crippen LogP contribution in [-0.2, 0) is 6.54 Å². The quantitative estimate of drug-likeness (QED) is 0.797. The van der Waals surface area contributed by atoms with Crippen molar-refractivity contribution in [2.75, 3.05) is 6.54 Å². The van der Waals surface area contributed by atoms with Gasteiger partial charge in [0.2, 0.25) is 0 Å². The number of rotatable bonds is 6. The van der Waals surface area contributed by atoms with Crippen LogP contribution in [0.1, 0.15) is 50.2 Å². The van der Waals surface area contributed by atoms with Gasteiger partial charge in [-0.05, 0) is 36.3 Å². The summed E-state index contributed by atoms with van der Waals surface area (Å²) in [5.41, 5.74) is 1.53. The Morgan fingerprint density at radius 1 is 1.33 bits per heavy atom. The number of alkyl halides is 2. The van der Waals surface area contributed by atoms with Crippen molar-refractivity contribution in [3.8, 4) is 0 Å². The summed E-state index contributed by atoms with van der Waals surface area (Å²) in [6.07, 6.45) is 2.76. The summed E-state index contributed by atoms with van der Waals surface area (Å²) in [5.74, 6) is 0. The predicted octanol–water partition coefficient (Wildman–Crippen LogP) is 4.29. The lowest BCUT2D eigenvalue weighted by Crippen LogP contribution is -2.39. The first-order valence-electron chi connectivity index (χ1n) is 6.73. The van der Waals surface area contributed by atoms with Crippen LogP contribution in [0, 0.1) is 5.41 Å². The molecular weight excluding hydrogens is 232 g/mol. The summed E-state index contributed by atoms with van der Waals surface area (Å²) < 4.78 is 25.1. The Labute approximate surface area is 108 Å². The second kappa shape index (κ2) is 5.79. The maximum Gasteiger partial charge on any atom is 0.263 e. The standard InChI is InChI=1S/C15H21F2N/c1-2-15(7-4-8-15)11-18-10-12-5-3-6-13(9-12)14(16)17/h3,5-6,9,14,18H,2,4,7-8,10-11H2,1H3. The van der Waals surface area contributed by atoms with Crippen LogP contribution in [0.15, 0.2) is 24.3 Å². The van der Waals surface area contributed by atoms with Gasteiger partial charge in [-0.15, -0.1) is 0 Å². The van der Waals surface area contributed by atoms with Crippen molar-refractivity contribution in [1.29, 1.82) is 0 Å². The zero-order chi connectivity index (χ0) is 13.0. The molecule has 0 unspecified atom stereocenters. The number of hydrogen-bond donors (Lipinski definition) is 1. The highest BCUT2D eigenvalue weighted by Gasteiger charge is 2.34. The first-order valence-corrected chi connectivity index (χ1v) is 6.73. The summed E-state index contributed by atoms with van der Waals surface area (Å²) in [7, 11) is 0. The average molecular weight is 253 g/mol. The van der Waals surface area contributed by atoms with Crippen molar-refractivity contribution in [1.82, 2.24) is 5.32 Å². The number of benzene rings is 1. The average Bonchev–Trinajstić information content (AvgIpc) is 2.33. The van der Waals surface area contributed by atoms with Crippen LogP contribution in [0.5, 0.6) is 0 Å². The molecule has 1 aromatic rings. The lowest BCUT2D eigenvalue weighted by molar-refractivity contribution is 0.123. The van der Waals surface area contributed by atoms with E-state index in [1.165, 1.54) is 31.7 Å². The molecule has 0 aliphatic heterocycles. The van der Waals surface area contributed by atoms with Gasteiger partial charge in [0.1, 0.15) is 0 Å². The number of nitrogens with one attached hydrogen (secondary N) is 1. The van der Waals surface area contributed by atoms with Gasteiger partial charge in [-0.25, -0.2) is 8.78 Å². The van der Waals surface area contributed by atoms with Gasteiger partial charge in [0.25, 0.3) is 6.43 Å². The molecule has 18 heavy (non-hydrogen) atoms. The van der Waals surface area contributed by atoms with Gasteiger partial charge in [-0.3, -0.25) is 0 Å². The van der Waals surface area contributed by atoms with Crippen LogP contribution in [0.25, 0.3) is 0 Å². The monoisotopic (exact) mass is 253 g/mol. The summed E-state index contributed by atoms with van der Waals surface area (Å²) in [4.78, 5) is 0. The van der Waals surface area contributed by atoms with E-state index in [0.29, 0.717) is 12.0 Å². The van der Waals surface area contributed by atoms with E-state index >= 15 is 0 Å². The van der Waals surface area contributed by atoms with Crippen molar-refractivity contribution in [3.63, 3.8) is 0 Å². The van der Waals surface area contributed by atoms with Gasteiger partial charge in [0.05, 0.1) is 0 Å². The lowest BCUT2D eigenvalue weighted by atomic mass is 9.67. The van der Waals surface area contributed by atoms with Gasteiger partial charge in [0, 0.05) is 18.7 Å². The van der Waals surface area contributed by atoms with E-state index in [1.807, 2.05) is 6.07 Å². The highest BCUT2D eigenvalue weighted by Crippen LogP contribution is 2.43. The minimum Gasteiger partial charge on any atom is -0.312 e. The largest absolute Gasteiger partial charge is 0.312 e. The van der Waals surface area contributed by atoms with Gasteiger partial charge < -0.3 is 5.32 Å². The molecule has 0 aromatic heterocycles. The molecule has 1 nitrogen and oxygen atoms in total. The fourth-order valence-electron chi connectivity index (χ4n) is 2.64. The summed E-state index contributed by atoms with van der Waals surface area (Å²) in [6.45, 7) is 3.92. The van der Waals surface area contributed by atoms with Crippen LogP contribution >= 0.6 is 0 Å². The smallest absolute Gasteiger partial charge is 0.263 e. The minimum atomic E-state index is -2.38. The molecule has 1 aliphatic carbocycles. The third-order valence-electron chi connectivity index (χ3n) is 4.20. The predicted molar refractivity (Wildman–Crippen MR) is 69.7 cm³/mol. The fraction of sp³-hybridized carbons (Fsp3) is 0.600. The Hall–Kier alpha value is -0.960. The number of halogens is 2. The van der Waals surface area contributed by atoms with Crippen molar-refractivity contribution in [2.24, 2.45) is 5.41 Å². The Balaban J connectivity index is 1.84. The first kappa shape index (κ1) is 13.5. The molecule has 0 atom stereocenters. The van der Waals surface area contributed by atoms with Crippen LogP contribution < -0.4 is 5.32 Å². The molecule has 100 valence electrons. The van der Waals surface area contributed by atoms with Crippen LogP contribution in [-0.4, -0.2) is 6.54 Å². The van der Waals surface area contributed by atoms with E-state index < -0.39 is 6.43 Å². The van der Waals surface area contributed by atoms with Crippen molar-refractivity contribution < 1.29 is 8.78 Å². The van der Waals surface area contributed by atoms with Gasteiger partial charge in [-0.1, -0.05) is 31.5 Å². The fourth-order valence-corrected chi connectivity index (χ4v) is 2.64. The molecule has 0 spiro atoms. The lowest BCUT2D eigenvalue weighted by Gasteiger charge is -2.41. The second-order valence-electron chi connectivity index (χ2n) is 5.36. The van der Waals surface area contributed by atoms with E-state index in [0.717, 1.165) is 12.1 Å². The van der Waals surface area contributed by atoms with Gasteiger partial charge in [-0.2, -0.15) is 0 Å². The Kier molecular flexibility index (Phi) is 4.33.